The van der Waals surface area contributed by atoms with Crippen LogP contribution in [0.5, 0.6) is 0 Å². The van der Waals surface area contributed by atoms with Crippen LogP contribution in [0.4, 0.5) is 0 Å². The molecule has 1 aliphatic carbocycles. The summed E-state index contributed by atoms with van der Waals surface area (Å²) in [6, 6.07) is 0. The summed E-state index contributed by atoms with van der Waals surface area (Å²) in [4.78, 5) is 8.55. The van der Waals surface area contributed by atoms with Gasteiger partial charge in [-0.1, -0.05) is 17.7 Å². The summed E-state index contributed by atoms with van der Waals surface area (Å²) < 4.78 is 0. The van der Waals surface area contributed by atoms with Crippen molar-refractivity contribution in [3.05, 3.63) is 23.3 Å². The van der Waals surface area contributed by atoms with Gasteiger partial charge in [-0.25, -0.2) is 4.99 Å². The van der Waals surface area contributed by atoms with Gasteiger partial charge in [-0.15, -0.1) is 0 Å². The molecule has 0 aromatic rings. The first kappa shape index (κ1) is 11.7. The number of aliphatic imine (C=N–C) groups is 2. The van der Waals surface area contributed by atoms with E-state index >= 15 is 0 Å². The monoisotopic (exact) mass is 233 g/mol. The van der Waals surface area contributed by atoms with Crippen molar-refractivity contribution in [1.29, 1.82) is 0 Å². The van der Waals surface area contributed by atoms with Crippen LogP contribution in [0.3, 0.4) is 0 Å². The normalized spacial score (nSPS) is 25.9. The van der Waals surface area contributed by atoms with Crippen molar-refractivity contribution in [2.45, 2.75) is 32.9 Å². The molecule has 2 aliphatic rings. The molecule has 17 heavy (non-hydrogen) atoms. The van der Waals surface area contributed by atoms with Gasteiger partial charge in [0, 0.05) is 6.54 Å². The molecular formula is C12H19N5. The number of guanidine groups is 2. The van der Waals surface area contributed by atoms with Crippen molar-refractivity contribution in [2.24, 2.45) is 15.7 Å². The van der Waals surface area contributed by atoms with Gasteiger partial charge in [-0.2, -0.15) is 0 Å². The largest absolute Gasteiger partial charge is 0.370 e. The van der Waals surface area contributed by atoms with E-state index in [1.54, 1.807) is 0 Å². The van der Waals surface area contributed by atoms with Crippen molar-refractivity contribution in [3.8, 4) is 0 Å². The fourth-order valence-electron chi connectivity index (χ4n) is 1.95. The molecule has 1 aliphatic heterocycles. The van der Waals surface area contributed by atoms with Gasteiger partial charge < -0.3 is 11.1 Å². The number of nitrogens with two attached hydrogens (primary N) is 1. The van der Waals surface area contributed by atoms with E-state index in [4.69, 9.17) is 5.73 Å². The average molecular weight is 233 g/mol. The Hall–Kier alpha value is -1.78. The molecule has 1 atom stereocenters. The first-order valence-corrected chi connectivity index (χ1v) is 5.91. The van der Waals surface area contributed by atoms with Crippen LogP contribution in [-0.2, 0) is 0 Å². The zero-order valence-electron chi connectivity index (χ0n) is 10.3. The Morgan fingerprint density at radius 3 is 3.06 bits per heavy atom. The molecule has 0 aromatic heterocycles. The highest BCUT2D eigenvalue weighted by molar-refractivity contribution is 5.99. The molecule has 0 spiro atoms. The molecule has 0 saturated heterocycles. The Morgan fingerprint density at radius 2 is 2.41 bits per heavy atom. The third kappa shape index (κ3) is 3.09. The van der Waals surface area contributed by atoms with Crippen LogP contribution in [0.25, 0.3) is 0 Å². The van der Waals surface area contributed by atoms with E-state index in [1.165, 1.54) is 11.1 Å². The smallest absolute Gasteiger partial charge is 0.199 e. The summed E-state index contributed by atoms with van der Waals surface area (Å²) in [6.07, 6.45) is 6.43. The minimum atomic E-state index is -0.0117. The van der Waals surface area contributed by atoms with Crippen LogP contribution in [-0.4, -0.2) is 24.6 Å². The van der Waals surface area contributed by atoms with Gasteiger partial charge >= 0.3 is 0 Å². The van der Waals surface area contributed by atoms with Gasteiger partial charge in [0.15, 0.2) is 11.9 Å². The minimum Gasteiger partial charge on any atom is -0.370 e. The van der Waals surface area contributed by atoms with Crippen molar-refractivity contribution in [2.75, 3.05) is 6.54 Å². The lowest BCUT2D eigenvalue weighted by atomic mass is 10.1. The average Bonchev–Trinajstić information content (AvgIpc) is 2.63. The lowest BCUT2D eigenvalue weighted by Crippen LogP contribution is -2.52. The number of hydrogen-bond donors (Lipinski definition) is 3. The fourth-order valence-corrected chi connectivity index (χ4v) is 1.95. The highest BCUT2D eigenvalue weighted by Gasteiger charge is 2.11. The number of hydrogen-bond acceptors (Lipinski definition) is 3. The van der Waals surface area contributed by atoms with Gasteiger partial charge in [0.05, 0.1) is 0 Å². The molecule has 0 aromatic carbocycles. The lowest BCUT2D eigenvalue weighted by Gasteiger charge is -2.20. The SMILES string of the molecule is CC1=C(CCN=C2NC(N)=NC(C)N2)C=CC1. The Balaban J connectivity index is 1.87. The summed E-state index contributed by atoms with van der Waals surface area (Å²) >= 11 is 0. The molecule has 92 valence electrons. The molecule has 1 heterocycles. The Labute approximate surface area is 102 Å². The highest BCUT2D eigenvalue weighted by atomic mass is 15.3. The molecule has 4 N–H and O–H groups in total. The standard InChI is InChI=1S/C12H19N5/c1-8-4-3-5-10(8)6-7-14-12-16-9(2)15-11(13)17-12/h3,5,9H,4,6-7H2,1-2H3,(H4,13,14,15,16,17). The quantitative estimate of drug-likeness (QED) is 0.677. The second-order valence-electron chi connectivity index (χ2n) is 4.35. The van der Waals surface area contributed by atoms with E-state index in [0.717, 1.165) is 19.4 Å². The maximum Gasteiger partial charge on any atom is 0.199 e. The van der Waals surface area contributed by atoms with E-state index < -0.39 is 0 Å². The van der Waals surface area contributed by atoms with Crippen LogP contribution in [0, 0.1) is 0 Å². The number of allylic oxidation sites excluding steroid dienone is 3. The summed E-state index contributed by atoms with van der Waals surface area (Å²) in [5.41, 5.74) is 8.48. The van der Waals surface area contributed by atoms with E-state index in [0.29, 0.717) is 11.9 Å². The molecule has 5 nitrogen and oxygen atoms in total. The molecule has 2 rings (SSSR count). The zero-order chi connectivity index (χ0) is 12.3. The van der Waals surface area contributed by atoms with Gasteiger partial charge in [-0.3, -0.25) is 10.3 Å². The molecule has 0 saturated carbocycles. The predicted octanol–water partition coefficient (Wildman–Crippen LogP) is 0.862. The molecule has 1 unspecified atom stereocenters. The first-order chi connectivity index (χ1) is 8.15. The molecular weight excluding hydrogens is 214 g/mol. The number of nitrogens with zero attached hydrogens (tertiary/aromatic N) is 2. The zero-order valence-corrected chi connectivity index (χ0v) is 10.3. The van der Waals surface area contributed by atoms with Crippen LogP contribution >= 0.6 is 0 Å². The van der Waals surface area contributed by atoms with Crippen molar-refractivity contribution in [1.82, 2.24) is 10.6 Å². The summed E-state index contributed by atoms with van der Waals surface area (Å²) in [6.45, 7) is 4.87. The molecule has 0 bridgehead atoms. The van der Waals surface area contributed by atoms with E-state index in [-0.39, 0.29) is 6.17 Å². The summed E-state index contributed by atoms with van der Waals surface area (Å²) in [7, 11) is 0. The molecule has 0 fully saturated rings. The third-order valence-corrected chi connectivity index (χ3v) is 2.87. The van der Waals surface area contributed by atoms with Crippen LogP contribution in [0.2, 0.25) is 0 Å². The van der Waals surface area contributed by atoms with Gasteiger partial charge in [0.2, 0.25) is 0 Å². The fraction of sp³-hybridized carbons (Fsp3) is 0.500. The van der Waals surface area contributed by atoms with Crippen molar-refractivity contribution in [3.63, 3.8) is 0 Å². The lowest BCUT2D eigenvalue weighted by molar-refractivity contribution is 0.663. The van der Waals surface area contributed by atoms with E-state index in [9.17, 15) is 0 Å². The van der Waals surface area contributed by atoms with Crippen molar-refractivity contribution < 1.29 is 0 Å². The number of rotatable bonds is 3. The Bertz CT molecular complexity index is 417. The first-order valence-electron chi connectivity index (χ1n) is 5.91. The minimum absolute atomic E-state index is 0.0117. The Morgan fingerprint density at radius 1 is 1.59 bits per heavy atom. The van der Waals surface area contributed by atoms with E-state index in [2.05, 4.69) is 39.7 Å². The summed E-state index contributed by atoms with van der Waals surface area (Å²) in [5, 5.41) is 6.04. The maximum absolute atomic E-state index is 5.63. The van der Waals surface area contributed by atoms with E-state index in [1.807, 2.05) is 6.92 Å². The third-order valence-electron chi connectivity index (χ3n) is 2.87. The van der Waals surface area contributed by atoms with Gasteiger partial charge in [0.25, 0.3) is 0 Å². The van der Waals surface area contributed by atoms with Crippen LogP contribution in [0.15, 0.2) is 33.3 Å². The molecule has 5 heteroatoms. The van der Waals surface area contributed by atoms with Gasteiger partial charge in [0.1, 0.15) is 6.17 Å². The second kappa shape index (κ2) is 5.03. The predicted molar refractivity (Wildman–Crippen MR) is 70.7 cm³/mol. The summed E-state index contributed by atoms with van der Waals surface area (Å²) in [5.74, 6) is 1.14. The highest BCUT2D eigenvalue weighted by Crippen LogP contribution is 2.20. The van der Waals surface area contributed by atoms with Gasteiger partial charge in [-0.05, 0) is 32.3 Å². The molecule has 0 amide bonds. The Kier molecular flexibility index (Phi) is 3.46. The van der Waals surface area contributed by atoms with Crippen LogP contribution < -0.4 is 16.4 Å². The maximum atomic E-state index is 5.63. The topological polar surface area (TPSA) is 74.8 Å². The van der Waals surface area contributed by atoms with Crippen molar-refractivity contribution >= 4 is 11.9 Å². The van der Waals surface area contributed by atoms with Crippen LogP contribution in [0.1, 0.15) is 26.7 Å². The number of nitrogens with one attached hydrogen (secondary N) is 2. The second-order valence-corrected chi connectivity index (χ2v) is 4.35. The molecule has 0 radical (unpaired) electrons.